The third-order valence-corrected chi connectivity index (χ3v) is 2.40. The van der Waals surface area contributed by atoms with Crippen molar-refractivity contribution in [1.29, 1.82) is 0 Å². The highest BCUT2D eigenvalue weighted by Gasteiger charge is 2.02. The van der Waals surface area contributed by atoms with Gasteiger partial charge in [-0.15, -0.1) is 0 Å². The minimum absolute atomic E-state index is 0.253. The second-order valence-corrected chi connectivity index (χ2v) is 4.09. The molecule has 0 aromatic heterocycles. The SMILES string of the molecule is COCc1cccc(C=C(C=O)C(C)C)c1. The molecule has 86 valence electrons. The Kier molecular flexibility index (Phi) is 4.93. The van der Waals surface area contributed by atoms with Crippen LogP contribution >= 0.6 is 0 Å². The van der Waals surface area contributed by atoms with Gasteiger partial charge in [0.15, 0.2) is 0 Å². The fourth-order valence-corrected chi connectivity index (χ4v) is 1.47. The van der Waals surface area contributed by atoms with E-state index in [-0.39, 0.29) is 5.92 Å². The number of rotatable bonds is 5. The lowest BCUT2D eigenvalue weighted by atomic mass is 10.0. The van der Waals surface area contributed by atoms with E-state index in [0.717, 1.165) is 23.0 Å². The van der Waals surface area contributed by atoms with Crippen molar-refractivity contribution in [2.24, 2.45) is 5.92 Å². The van der Waals surface area contributed by atoms with Crippen LogP contribution in [0.4, 0.5) is 0 Å². The number of benzene rings is 1. The van der Waals surface area contributed by atoms with Gasteiger partial charge in [-0.1, -0.05) is 32.0 Å². The zero-order chi connectivity index (χ0) is 12.0. The molecule has 0 saturated carbocycles. The number of aldehydes is 1. The van der Waals surface area contributed by atoms with E-state index < -0.39 is 0 Å². The van der Waals surface area contributed by atoms with E-state index in [1.807, 2.05) is 44.2 Å². The van der Waals surface area contributed by atoms with Gasteiger partial charge < -0.3 is 4.74 Å². The number of carbonyl (C=O) groups is 1. The van der Waals surface area contributed by atoms with Crippen LogP contribution in [0.25, 0.3) is 6.08 Å². The summed E-state index contributed by atoms with van der Waals surface area (Å²) in [6.45, 7) is 4.62. The fourth-order valence-electron chi connectivity index (χ4n) is 1.47. The Morgan fingerprint density at radius 3 is 2.75 bits per heavy atom. The van der Waals surface area contributed by atoms with Gasteiger partial charge in [0.2, 0.25) is 0 Å². The smallest absolute Gasteiger partial charge is 0.146 e. The first kappa shape index (κ1) is 12.7. The summed E-state index contributed by atoms with van der Waals surface area (Å²) in [5, 5.41) is 0. The molecular formula is C14H18O2. The number of hydrogen-bond acceptors (Lipinski definition) is 2. The van der Waals surface area contributed by atoms with Crippen molar-refractivity contribution in [1.82, 2.24) is 0 Å². The molecule has 2 heteroatoms. The Labute approximate surface area is 96.9 Å². The van der Waals surface area contributed by atoms with Crippen molar-refractivity contribution < 1.29 is 9.53 Å². The molecule has 0 aliphatic heterocycles. The zero-order valence-electron chi connectivity index (χ0n) is 10.1. The van der Waals surface area contributed by atoms with E-state index in [9.17, 15) is 4.79 Å². The molecule has 0 atom stereocenters. The summed E-state index contributed by atoms with van der Waals surface area (Å²) in [4.78, 5) is 10.9. The topological polar surface area (TPSA) is 26.3 Å². The second-order valence-electron chi connectivity index (χ2n) is 4.09. The van der Waals surface area contributed by atoms with Crippen LogP contribution < -0.4 is 0 Å². The normalized spacial score (nSPS) is 11.9. The monoisotopic (exact) mass is 218 g/mol. The van der Waals surface area contributed by atoms with Crippen LogP contribution in [0.1, 0.15) is 25.0 Å². The van der Waals surface area contributed by atoms with Crippen LogP contribution in [0.15, 0.2) is 29.8 Å². The van der Waals surface area contributed by atoms with Crippen LogP contribution in [0, 0.1) is 5.92 Å². The highest BCUT2D eigenvalue weighted by molar-refractivity contribution is 5.82. The molecule has 0 spiro atoms. The van der Waals surface area contributed by atoms with E-state index in [1.54, 1.807) is 7.11 Å². The lowest BCUT2D eigenvalue weighted by molar-refractivity contribution is -0.105. The van der Waals surface area contributed by atoms with Gasteiger partial charge in [0.05, 0.1) is 6.61 Å². The maximum absolute atomic E-state index is 10.9. The van der Waals surface area contributed by atoms with Crippen LogP contribution in [-0.2, 0) is 16.1 Å². The summed E-state index contributed by atoms with van der Waals surface area (Å²) >= 11 is 0. The molecule has 0 bridgehead atoms. The first-order chi connectivity index (χ1) is 7.67. The Morgan fingerprint density at radius 2 is 2.19 bits per heavy atom. The van der Waals surface area contributed by atoms with Gasteiger partial charge in [-0.3, -0.25) is 4.79 Å². The van der Waals surface area contributed by atoms with Crippen molar-refractivity contribution in [3.05, 3.63) is 41.0 Å². The number of hydrogen-bond donors (Lipinski definition) is 0. The first-order valence-corrected chi connectivity index (χ1v) is 5.42. The highest BCUT2D eigenvalue weighted by Crippen LogP contribution is 2.14. The molecule has 0 N–H and O–H groups in total. The predicted octanol–water partition coefficient (Wildman–Crippen LogP) is 3.07. The summed E-state index contributed by atoms with van der Waals surface area (Å²) in [5.74, 6) is 0.253. The average molecular weight is 218 g/mol. The van der Waals surface area contributed by atoms with E-state index in [1.165, 1.54) is 0 Å². The summed E-state index contributed by atoms with van der Waals surface area (Å²) in [5.41, 5.74) is 2.98. The number of allylic oxidation sites excluding steroid dienone is 1. The summed E-state index contributed by atoms with van der Waals surface area (Å²) in [7, 11) is 1.67. The molecule has 1 aromatic carbocycles. The van der Waals surface area contributed by atoms with Gasteiger partial charge in [0.25, 0.3) is 0 Å². The fraction of sp³-hybridized carbons (Fsp3) is 0.357. The molecule has 1 aromatic rings. The molecule has 0 heterocycles. The lowest BCUT2D eigenvalue weighted by Gasteiger charge is -2.05. The van der Waals surface area contributed by atoms with Gasteiger partial charge >= 0.3 is 0 Å². The number of methoxy groups -OCH3 is 1. The predicted molar refractivity (Wildman–Crippen MR) is 66.0 cm³/mol. The van der Waals surface area contributed by atoms with Crippen LogP contribution in [0.3, 0.4) is 0 Å². The molecule has 0 aliphatic rings. The molecule has 0 radical (unpaired) electrons. The Morgan fingerprint density at radius 1 is 1.44 bits per heavy atom. The molecule has 0 amide bonds. The second kappa shape index (κ2) is 6.23. The molecule has 0 aliphatic carbocycles. The van der Waals surface area contributed by atoms with Gasteiger partial charge in [-0.25, -0.2) is 0 Å². The van der Waals surface area contributed by atoms with Crippen molar-refractivity contribution in [3.63, 3.8) is 0 Å². The molecule has 0 saturated heterocycles. The minimum atomic E-state index is 0.253. The van der Waals surface area contributed by atoms with Crippen molar-refractivity contribution in [2.75, 3.05) is 7.11 Å². The maximum Gasteiger partial charge on any atom is 0.146 e. The average Bonchev–Trinajstić information content (AvgIpc) is 2.26. The number of ether oxygens (including phenoxy) is 1. The van der Waals surface area contributed by atoms with E-state index in [0.29, 0.717) is 6.61 Å². The summed E-state index contributed by atoms with van der Waals surface area (Å²) in [6, 6.07) is 8.01. The number of carbonyl (C=O) groups excluding carboxylic acids is 1. The lowest BCUT2D eigenvalue weighted by Crippen LogP contribution is -1.95. The standard InChI is InChI=1S/C14H18O2/c1-11(2)14(9-15)8-12-5-4-6-13(7-12)10-16-3/h4-9,11H,10H2,1-3H3. The minimum Gasteiger partial charge on any atom is -0.380 e. The summed E-state index contributed by atoms with van der Waals surface area (Å²) < 4.78 is 5.07. The van der Waals surface area contributed by atoms with Crippen molar-refractivity contribution >= 4 is 12.4 Å². The largest absolute Gasteiger partial charge is 0.380 e. The molecular weight excluding hydrogens is 200 g/mol. The van der Waals surface area contributed by atoms with Gasteiger partial charge in [0.1, 0.15) is 6.29 Å². The first-order valence-electron chi connectivity index (χ1n) is 5.42. The van der Waals surface area contributed by atoms with Crippen molar-refractivity contribution in [2.45, 2.75) is 20.5 Å². The quantitative estimate of drug-likeness (QED) is 0.561. The molecule has 0 unspecified atom stereocenters. The third-order valence-electron chi connectivity index (χ3n) is 2.40. The van der Waals surface area contributed by atoms with Crippen LogP contribution in [0.2, 0.25) is 0 Å². The Hall–Kier alpha value is -1.41. The van der Waals surface area contributed by atoms with Crippen molar-refractivity contribution in [3.8, 4) is 0 Å². The van der Waals surface area contributed by atoms with E-state index in [2.05, 4.69) is 0 Å². The Bertz CT molecular complexity index is 378. The maximum atomic E-state index is 10.9. The molecule has 2 nitrogen and oxygen atoms in total. The highest BCUT2D eigenvalue weighted by atomic mass is 16.5. The van der Waals surface area contributed by atoms with Crippen LogP contribution in [0.5, 0.6) is 0 Å². The van der Waals surface area contributed by atoms with Gasteiger partial charge in [0, 0.05) is 7.11 Å². The zero-order valence-corrected chi connectivity index (χ0v) is 10.1. The van der Waals surface area contributed by atoms with E-state index >= 15 is 0 Å². The molecule has 16 heavy (non-hydrogen) atoms. The summed E-state index contributed by atoms with van der Waals surface area (Å²) in [6.07, 6.45) is 2.85. The van der Waals surface area contributed by atoms with Gasteiger partial charge in [-0.2, -0.15) is 0 Å². The third kappa shape index (κ3) is 3.63. The molecule has 1 rings (SSSR count). The van der Waals surface area contributed by atoms with Crippen LogP contribution in [-0.4, -0.2) is 13.4 Å². The van der Waals surface area contributed by atoms with Gasteiger partial charge in [-0.05, 0) is 34.8 Å². The van der Waals surface area contributed by atoms with E-state index in [4.69, 9.17) is 4.74 Å². The molecule has 0 fully saturated rings. The Balaban J connectivity index is 2.95.